The molecule has 0 aliphatic heterocycles. The van der Waals surface area contributed by atoms with Gasteiger partial charge in [-0.2, -0.15) is 5.26 Å². The minimum atomic E-state index is -2.92. The van der Waals surface area contributed by atoms with Crippen LogP contribution in [0.3, 0.4) is 0 Å². The topological polar surface area (TPSA) is 57.9 Å². The zero-order chi connectivity index (χ0) is 24.9. The molecule has 0 amide bonds. The molecule has 0 radical (unpaired) electrons. The van der Waals surface area contributed by atoms with Gasteiger partial charge in [-0.3, -0.25) is 4.79 Å². The number of carbonyl (C=O) groups is 1. The Morgan fingerprint density at radius 3 is 1.86 bits per heavy atom. The van der Waals surface area contributed by atoms with E-state index in [1.807, 2.05) is 91.0 Å². The first kappa shape index (κ1) is 25.2. The molecule has 3 atom stereocenters. The molecule has 3 unspecified atom stereocenters. The summed E-state index contributed by atoms with van der Waals surface area (Å²) in [6.07, 6.45) is 2.43. The molecule has 0 heterocycles. The van der Waals surface area contributed by atoms with Gasteiger partial charge in [0.05, 0.1) is 6.07 Å². The zero-order valence-corrected chi connectivity index (χ0v) is 21.5. The minimum Gasteiger partial charge on any atom is -0.322 e. The molecule has 0 N–H and O–H groups in total. The maximum atomic E-state index is 15.0. The van der Waals surface area contributed by atoms with Crippen LogP contribution in [0.1, 0.15) is 55.5 Å². The average molecular weight is 484 g/mol. The number of benzene rings is 3. The van der Waals surface area contributed by atoms with Gasteiger partial charge in [-0.1, -0.05) is 105 Å². The Kier molecular flexibility index (Phi) is 7.73. The molecule has 1 fully saturated rings. The molecule has 0 aromatic heterocycles. The van der Waals surface area contributed by atoms with E-state index in [4.69, 9.17) is 5.26 Å². The van der Waals surface area contributed by atoms with Gasteiger partial charge in [0.1, 0.15) is 12.9 Å². The second-order valence-electron chi connectivity index (χ2n) is 10.5. The minimum absolute atomic E-state index is 0.0889. The molecule has 0 saturated heterocycles. The highest BCUT2D eigenvalue weighted by atomic mass is 31.2. The number of hydrogen-bond donors (Lipinski definition) is 0. The standard InChI is InChI=1S/C31H34NO2P/c1-31(2)27(18-19-32)20-28(31)29(33)21-30(26-16-10-5-11-17-26)35(34,22-24-12-6-3-7-13-24)23-25-14-8-4-9-15-25/h3-17,27-28,30H,18,20-23H2,1-2H3. The molecule has 0 bridgehead atoms. The van der Waals surface area contributed by atoms with Crippen LogP contribution in [0.5, 0.6) is 0 Å². The summed E-state index contributed by atoms with van der Waals surface area (Å²) in [5.74, 6) is 0.338. The molecule has 1 aliphatic rings. The highest BCUT2D eigenvalue weighted by Gasteiger charge is 2.51. The largest absolute Gasteiger partial charge is 0.322 e. The summed E-state index contributed by atoms with van der Waals surface area (Å²) in [5, 5.41) is 9.17. The van der Waals surface area contributed by atoms with Crippen LogP contribution in [-0.4, -0.2) is 5.78 Å². The van der Waals surface area contributed by atoms with E-state index in [1.165, 1.54) is 0 Å². The number of nitrogens with zero attached hydrogens (tertiary/aromatic N) is 1. The first-order valence-electron chi connectivity index (χ1n) is 12.4. The van der Waals surface area contributed by atoms with Crippen LogP contribution in [0.4, 0.5) is 0 Å². The molecular weight excluding hydrogens is 449 g/mol. The van der Waals surface area contributed by atoms with E-state index in [1.54, 1.807) is 0 Å². The van der Waals surface area contributed by atoms with E-state index in [-0.39, 0.29) is 35.1 Å². The van der Waals surface area contributed by atoms with Gasteiger partial charge in [-0.15, -0.1) is 0 Å². The van der Waals surface area contributed by atoms with Gasteiger partial charge in [-0.05, 0) is 34.4 Å². The van der Waals surface area contributed by atoms with Gasteiger partial charge < -0.3 is 4.57 Å². The lowest BCUT2D eigenvalue weighted by molar-refractivity contribution is -0.138. The lowest BCUT2D eigenvalue weighted by atomic mass is 9.52. The van der Waals surface area contributed by atoms with Gasteiger partial charge in [0.25, 0.3) is 0 Å². The first-order chi connectivity index (χ1) is 16.8. The van der Waals surface area contributed by atoms with Gasteiger partial charge in [0.15, 0.2) is 0 Å². The normalized spacial score (nSPS) is 19.8. The third-order valence-electron chi connectivity index (χ3n) is 7.93. The number of hydrogen-bond acceptors (Lipinski definition) is 3. The van der Waals surface area contributed by atoms with Crippen molar-refractivity contribution in [3.8, 4) is 6.07 Å². The molecule has 1 saturated carbocycles. The summed E-state index contributed by atoms with van der Waals surface area (Å²) in [7, 11) is -2.92. The Labute approximate surface area is 209 Å². The van der Waals surface area contributed by atoms with Gasteiger partial charge in [-0.25, -0.2) is 0 Å². The van der Waals surface area contributed by atoms with Crippen molar-refractivity contribution in [1.82, 2.24) is 0 Å². The molecule has 4 rings (SSSR count). The van der Waals surface area contributed by atoms with E-state index in [2.05, 4.69) is 19.9 Å². The molecule has 1 aliphatic carbocycles. The SMILES string of the molecule is CC1(C)C(CC#N)CC1C(=O)CC(c1ccccc1)P(=O)(Cc1ccccc1)Cc1ccccc1. The zero-order valence-electron chi connectivity index (χ0n) is 20.6. The van der Waals surface area contributed by atoms with E-state index < -0.39 is 7.14 Å². The third-order valence-corrected chi connectivity index (χ3v) is 11.3. The van der Waals surface area contributed by atoms with Crippen LogP contribution in [0.2, 0.25) is 0 Å². The van der Waals surface area contributed by atoms with E-state index in [9.17, 15) is 4.79 Å². The monoisotopic (exact) mass is 483 g/mol. The third kappa shape index (κ3) is 5.66. The summed E-state index contributed by atoms with van der Waals surface area (Å²) in [4.78, 5) is 13.7. The predicted octanol–water partition coefficient (Wildman–Crippen LogP) is 8.03. The molecular formula is C31H34NO2P. The fourth-order valence-electron chi connectivity index (χ4n) is 5.64. The summed E-state index contributed by atoms with van der Waals surface area (Å²) in [6, 6.07) is 32.2. The quantitative estimate of drug-likeness (QED) is 0.274. The van der Waals surface area contributed by atoms with Gasteiger partial charge >= 0.3 is 0 Å². The summed E-state index contributed by atoms with van der Waals surface area (Å²) in [5.41, 5.74) is 2.51. The van der Waals surface area contributed by atoms with Crippen molar-refractivity contribution in [1.29, 1.82) is 5.26 Å². The van der Waals surface area contributed by atoms with Crippen LogP contribution in [0, 0.1) is 28.6 Å². The first-order valence-corrected chi connectivity index (χ1v) is 14.6. The number of carbonyl (C=O) groups excluding carboxylic acids is 1. The van der Waals surface area contributed by atoms with E-state index in [0.717, 1.165) is 23.1 Å². The van der Waals surface area contributed by atoms with Crippen molar-refractivity contribution in [3.63, 3.8) is 0 Å². The van der Waals surface area contributed by atoms with Crippen molar-refractivity contribution in [2.45, 2.75) is 51.1 Å². The Hall–Kier alpha value is -2.95. The lowest BCUT2D eigenvalue weighted by Crippen LogP contribution is -2.48. The van der Waals surface area contributed by atoms with Crippen molar-refractivity contribution >= 4 is 12.9 Å². The number of nitriles is 1. The lowest BCUT2D eigenvalue weighted by Gasteiger charge is -2.51. The maximum Gasteiger partial charge on any atom is 0.137 e. The molecule has 4 heteroatoms. The van der Waals surface area contributed by atoms with Crippen molar-refractivity contribution in [2.75, 3.05) is 0 Å². The van der Waals surface area contributed by atoms with Crippen LogP contribution < -0.4 is 0 Å². The molecule has 3 aromatic carbocycles. The van der Waals surface area contributed by atoms with Crippen LogP contribution in [-0.2, 0) is 21.7 Å². The number of ketones is 1. The van der Waals surface area contributed by atoms with Crippen molar-refractivity contribution in [3.05, 3.63) is 108 Å². The molecule has 3 nitrogen and oxygen atoms in total. The smallest absolute Gasteiger partial charge is 0.137 e. The van der Waals surface area contributed by atoms with E-state index in [0.29, 0.717) is 18.7 Å². The fourth-order valence-corrected chi connectivity index (χ4v) is 9.08. The number of Topliss-reactive ketones (excluding diaryl/α,β-unsaturated/α-hetero) is 1. The summed E-state index contributed by atoms with van der Waals surface area (Å²) in [6.45, 7) is 4.21. The average Bonchev–Trinajstić information content (AvgIpc) is 2.86. The van der Waals surface area contributed by atoms with Crippen LogP contribution in [0.15, 0.2) is 91.0 Å². The van der Waals surface area contributed by atoms with Crippen LogP contribution in [0.25, 0.3) is 0 Å². The molecule has 180 valence electrons. The van der Waals surface area contributed by atoms with E-state index >= 15 is 4.57 Å². The molecule has 35 heavy (non-hydrogen) atoms. The van der Waals surface area contributed by atoms with Crippen molar-refractivity contribution < 1.29 is 9.36 Å². The Bertz CT molecular complexity index is 1170. The highest BCUT2D eigenvalue weighted by Crippen LogP contribution is 2.66. The second-order valence-corrected chi connectivity index (χ2v) is 13.7. The Morgan fingerprint density at radius 1 is 0.914 bits per heavy atom. The van der Waals surface area contributed by atoms with Gasteiger partial charge in [0.2, 0.25) is 0 Å². The molecule has 0 spiro atoms. The second kappa shape index (κ2) is 10.8. The van der Waals surface area contributed by atoms with Gasteiger partial charge in [0, 0.05) is 36.7 Å². The fraction of sp³-hybridized carbons (Fsp3) is 0.355. The highest BCUT2D eigenvalue weighted by molar-refractivity contribution is 7.62. The van der Waals surface area contributed by atoms with Crippen molar-refractivity contribution in [2.24, 2.45) is 17.3 Å². The Morgan fingerprint density at radius 2 is 1.40 bits per heavy atom. The summed E-state index contributed by atoms with van der Waals surface area (Å²) < 4.78 is 15.0. The number of rotatable bonds is 10. The Balaban J connectivity index is 1.70. The summed E-state index contributed by atoms with van der Waals surface area (Å²) >= 11 is 0. The predicted molar refractivity (Wildman–Crippen MR) is 142 cm³/mol. The molecule has 3 aromatic rings. The maximum absolute atomic E-state index is 15.0. The van der Waals surface area contributed by atoms with Crippen LogP contribution >= 0.6 is 7.14 Å².